The number of rotatable bonds is 7. The van der Waals surface area contributed by atoms with E-state index in [0.717, 1.165) is 0 Å². The van der Waals surface area contributed by atoms with Crippen molar-refractivity contribution in [2.24, 2.45) is 10.8 Å². The van der Waals surface area contributed by atoms with Crippen molar-refractivity contribution in [1.82, 2.24) is 5.43 Å². The van der Waals surface area contributed by atoms with Crippen molar-refractivity contribution in [3.8, 4) is 11.5 Å². The lowest BCUT2D eigenvalue weighted by Gasteiger charge is -2.06. The first-order valence-corrected chi connectivity index (χ1v) is 7.77. The minimum absolute atomic E-state index is 0.248. The number of hydrazone groups is 1. The number of ether oxygens (including phenoxy) is 2. The van der Waals surface area contributed by atoms with Crippen LogP contribution in [0.5, 0.6) is 11.5 Å². The molecule has 4 N–H and O–H groups in total. The highest BCUT2D eigenvalue weighted by Gasteiger charge is 2.13. The highest BCUT2D eigenvalue weighted by atomic mass is 16.5. The van der Waals surface area contributed by atoms with Gasteiger partial charge in [-0.05, 0) is 29.8 Å². The normalized spacial score (nSPS) is 10.3. The van der Waals surface area contributed by atoms with E-state index in [1.807, 2.05) is 0 Å². The van der Waals surface area contributed by atoms with Crippen molar-refractivity contribution in [1.29, 1.82) is 0 Å². The Morgan fingerprint density at radius 1 is 1.07 bits per heavy atom. The third kappa shape index (κ3) is 6.50. The molecule has 2 rings (SSSR count). The molecule has 3 amide bonds. The molecule has 0 fully saturated rings. The fraction of sp³-hybridized carbons (Fsp3) is 0.111. The maximum absolute atomic E-state index is 11.9. The molecule has 0 aliphatic rings. The Balaban J connectivity index is 1.89. The van der Waals surface area contributed by atoms with Crippen LogP contribution < -0.4 is 25.9 Å². The molecule has 2 aromatic rings. The average molecular weight is 370 g/mol. The maximum Gasteiger partial charge on any atom is 0.329 e. The Bertz CT molecular complexity index is 866. The number of carbonyl (C=O) groups is 3. The zero-order valence-corrected chi connectivity index (χ0v) is 14.5. The van der Waals surface area contributed by atoms with Crippen LogP contribution in [-0.4, -0.2) is 37.7 Å². The monoisotopic (exact) mass is 370 g/mol. The van der Waals surface area contributed by atoms with Crippen molar-refractivity contribution in [3.63, 3.8) is 0 Å². The average Bonchev–Trinajstić information content (AvgIpc) is 2.66. The second kappa shape index (κ2) is 9.56. The van der Waals surface area contributed by atoms with E-state index >= 15 is 0 Å². The molecule has 0 saturated heterocycles. The first-order valence-electron chi connectivity index (χ1n) is 7.77. The van der Waals surface area contributed by atoms with E-state index in [1.165, 1.54) is 13.3 Å². The lowest BCUT2D eigenvalue weighted by atomic mass is 10.2. The standard InChI is InChI=1S/C18H18N4O5/c1-26-14-6-3-5-13(9-14)21-17(24)18(25)22-20-10-12-4-2-7-15(8-12)27-11-16(19)23/h2-10H,11H2,1H3,(H2,19,23)(H,21,24)(H,22,25)/b20-10-. The van der Waals surface area contributed by atoms with Crippen LogP contribution >= 0.6 is 0 Å². The fourth-order valence-corrected chi connectivity index (χ4v) is 1.94. The summed E-state index contributed by atoms with van der Waals surface area (Å²) in [5.41, 5.74) is 8.13. The van der Waals surface area contributed by atoms with Crippen molar-refractivity contribution in [2.45, 2.75) is 0 Å². The molecular weight excluding hydrogens is 352 g/mol. The van der Waals surface area contributed by atoms with Crippen molar-refractivity contribution in [3.05, 3.63) is 54.1 Å². The third-order valence-corrected chi connectivity index (χ3v) is 3.15. The van der Waals surface area contributed by atoms with E-state index in [0.29, 0.717) is 22.7 Å². The summed E-state index contributed by atoms with van der Waals surface area (Å²) in [5.74, 6) is -1.44. The van der Waals surface area contributed by atoms with Crippen LogP contribution in [-0.2, 0) is 14.4 Å². The van der Waals surface area contributed by atoms with Crippen LogP contribution in [0.25, 0.3) is 0 Å². The second-order valence-electron chi connectivity index (χ2n) is 5.21. The highest BCUT2D eigenvalue weighted by Crippen LogP contribution is 2.16. The zero-order chi connectivity index (χ0) is 19.6. The maximum atomic E-state index is 11.9. The number of nitrogens with one attached hydrogen (secondary N) is 2. The molecule has 0 bridgehead atoms. The summed E-state index contributed by atoms with van der Waals surface area (Å²) in [7, 11) is 1.50. The quantitative estimate of drug-likeness (QED) is 0.374. The van der Waals surface area contributed by atoms with Crippen molar-refractivity contribution in [2.75, 3.05) is 19.0 Å². The van der Waals surface area contributed by atoms with Gasteiger partial charge in [-0.1, -0.05) is 18.2 Å². The number of carbonyl (C=O) groups excluding carboxylic acids is 3. The number of amides is 3. The van der Waals surface area contributed by atoms with E-state index < -0.39 is 17.7 Å². The van der Waals surface area contributed by atoms with E-state index in [1.54, 1.807) is 48.5 Å². The van der Waals surface area contributed by atoms with Crippen LogP contribution in [0.15, 0.2) is 53.6 Å². The number of nitrogens with zero attached hydrogens (tertiary/aromatic N) is 1. The van der Waals surface area contributed by atoms with Gasteiger partial charge in [0.15, 0.2) is 6.61 Å². The summed E-state index contributed by atoms with van der Waals surface area (Å²) in [6.45, 7) is -0.248. The van der Waals surface area contributed by atoms with Gasteiger partial charge in [-0.15, -0.1) is 0 Å². The Morgan fingerprint density at radius 2 is 1.81 bits per heavy atom. The highest BCUT2D eigenvalue weighted by molar-refractivity contribution is 6.39. The molecule has 9 nitrogen and oxygen atoms in total. The molecule has 0 aliphatic heterocycles. The summed E-state index contributed by atoms with van der Waals surface area (Å²) >= 11 is 0. The Hall–Kier alpha value is -3.88. The minimum atomic E-state index is -0.935. The van der Waals surface area contributed by atoms with E-state index in [9.17, 15) is 14.4 Å². The van der Waals surface area contributed by atoms with E-state index in [2.05, 4.69) is 15.8 Å². The van der Waals surface area contributed by atoms with Gasteiger partial charge in [0, 0.05) is 11.8 Å². The lowest BCUT2D eigenvalue weighted by Crippen LogP contribution is -2.32. The smallest absolute Gasteiger partial charge is 0.329 e. The van der Waals surface area contributed by atoms with Crippen LogP contribution in [0, 0.1) is 0 Å². The van der Waals surface area contributed by atoms with Gasteiger partial charge >= 0.3 is 11.8 Å². The fourth-order valence-electron chi connectivity index (χ4n) is 1.94. The summed E-state index contributed by atoms with van der Waals surface area (Å²) in [4.78, 5) is 34.4. The number of anilines is 1. The van der Waals surface area contributed by atoms with E-state index in [4.69, 9.17) is 15.2 Å². The summed E-state index contributed by atoms with van der Waals surface area (Å²) in [6.07, 6.45) is 1.33. The van der Waals surface area contributed by atoms with Crippen LogP contribution in [0.4, 0.5) is 5.69 Å². The molecule has 0 spiro atoms. The lowest BCUT2D eigenvalue weighted by molar-refractivity contribution is -0.136. The predicted molar refractivity (Wildman–Crippen MR) is 98.5 cm³/mol. The number of primary amides is 1. The van der Waals surface area contributed by atoms with Crippen LogP contribution in [0.2, 0.25) is 0 Å². The van der Waals surface area contributed by atoms with Gasteiger partial charge in [-0.25, -0.2) is 5.43 Å². The molecule has 27 heavy (non-hydrogen) atoms. The zero-order valence-electron chi connectivity index (χ0n) is 14.5. The van der Waals surface area contributed by atoms with Gasteiger partial charge in [-0.2, -0.15) is 5.10 Å². The molecule has 140 valence electrons. The molecule has 9 heteroatoms. The molecule has 0 aromatic heterocycles. The first-order chi connectivity index (χ1) is 13.0. The largest absolute Gasteiger partial charge is 0.497 e. The predicted octanol–water partition coefficient (Wildman–Crippen LogP) is 0.648. The number of hydrogen-bond donors (Lipinski definition) is 3. The molecule has 0 saturated carbocycles. The number of nitrogens with two attached hydrogens (primary N) is 1. The summed E-state index contributed by atoms with van der Waals surface area (Å²) in [6, 6.07) is 13.2. The summed E-state index contributed by atoms with van der Waals surface area (Å²) in [5, 5.41) is 6.15. The van der Waals surface area contributed by atoms with Gasteiger partial charge < -0.3 is 20.5 Å². The van der Waals surface area contributed by atoms with Crippen LogP contribution in [0.1, 0.15) is 5.56 Å². The molecule has 0 atom stereocenters. The summed E-state index contributed by atoms with van der Waals surface area (Å²) < 4.78 is 10.2. The number of hydrogen-bond acceptors (Lipinski definition) is 6. The first kappa shape index (κ1) is 19.4. The Morgan fingerprint density at radius 3 is 2.56 bits per heavy atom. The molecule has 0 radical (unpaired) electrons. The number of benzene rings is 2. The van der Waals surface area contributed by atoms with E-state index in [-0.39, 0.29) is 6.61 Å². The SMILES string of the molecule is COc1cccc(NC(=O)C(=O)N/N=C\c2cccc(OCC(N)=O)c2)c1. The Kier molecular flexibility index (Phi) is 6.89. The third-order valence-electron chi connectivity index (χ3n) is 3.15. The molecule has 0 heterocycles. The molecule has 2 aromatic carbocycles. The molecular formula is C18H18N4O5. The minimum Gasteiger partial charge on any atom is -0.497 e. The topological polar surface area (TPSA) is 132 Å². The molecule has 0 aliphatic carbocycles. The van der Waals surface area contributed by atoms with Crippen molar-refractivity contribution >= 4 is 29.6 Å². The second-order valence-corrected chi connectivity index (χ2v) is 5.21. The molecule has 0 unspecified atom stereocenters. The van der Waals surface area contributed by atoms with Gasteiger partial charge in [0.05, 0.1) is 13.3 Å². The Labute approximate surface area is 155 Å². The number of methoxy groups -OCH3 is 1. The van der Waals surface area contributed by atoms with Crippen LogP contribution in [0.3, 0.4) is 0 Å². The van der Waals surface area contributed by atoms with Crippen molar-refractivity contribution < 1.29 is 23.9 Å². The van der Waals surface area contributed by atoms with Gasteiger partial charge in [0.1, 0.15) is 11.5 Å². The van der Waals surface area contributed by atoms with Gasteiger partial charge in [0.25, 0.3) is 5.91 Å². The van der Waals surface area contributed by atoms with Gasteiger partial charge in [-0.3, -0.25) is 14.4 Å². The van der Waals surface area contributed by atoms with Gasteiger partial charge in [0.2, 0.25) is 0 Å².